The first-order valence-corrected chi connectivity index (χ1v) is 17.3. The maximum Gasteiger partial charge on any atom is 0.328 e. The Morgan fingerprint density at radius 3 is 2.22 bits per heavy atom. The van der Waals surface area contributed by atoms with Gasteiger partial charge in [0.1, 0.15) is 54.5 Å². The Hall–Kier alpha value is -4.89. The Balaban J connectivity index is 1.67. The van der Waals surface area contributed by atoms with Crippen molar-refractivity contribution in [1.29, 1.82) is 0 Å². The number of fused-ring (bicyclic) bond motifs is 2. The highest BCUT2D eigenvalue weighted by Gasteiger charge is 2.43. The number of amides is 6. The van der Waals surface area contributed by atoms with Crippen LogP contribution >= 0.6 is 0 Å². The Morgan fingerprint density at radius 1 is 0.941 bits per heavy atom. The molecule has 6 atom stereocenters. The second-order valence-corrected chi connectivity index (χ2v) is 13.1. The zero-order valence-corrected chi connectivity index (χ0v) is 29.3. The minimum atomic E-state index is -1.55. The highest BCUT2D eigenvalue weighted by atomic mass is 19.1. The molecule has 3 heterocycles. The maximum atomic E-state index is 14.2. The predicted octanol–water partition coefficient (Wildman–Crippen LogP) is 0.724. The lowest BCUT2D eigenvalue weighted by Gasteiger charge is -2.34. The number of benzene rings is 1. The van der Waals surface area contributed by atoms with Crippen LogP contribution in [0.4, 0.5) is 8.78 Å². The average Bonchev–Trinajstić information content (AvgIpc) is 3.78. The molecule has 16 heteroatoms. The van der Waals surface area contributed by atoms with Gasteiger partial charge in [0, 0.05) is 39.0 Å². The lowest BCUT2D eigenvalue weighted by Crippen LogP contribution is -2.60. The Bertz CT molecular complexity index is 1540. The van der Waals surface area contributed by atoms with Crippen LogP contribution in [0.2, 0.25) is 0 Å². The summed E-state index contributed by atoms with van der Waals surface area (Å²) < 4.78 is 33.7. The standard InChI is InChI=1S/C35H46F2N6O8/c1-5-6-7-12-29(44)39-25(17-22-15-23(36)18-24(37)16-22)31(46)40-26-19-51-35(50)28-11-9-14-43(28)32(47)20(2)38-30(45)21(3)41(4)34(49)27-10-8-13-42(27)33(26)48/h6-7,15-16,18,20-21,25-28H,5,8-14,17,19H2,1-4H3,(H,38,45)(H,39,44)(H,40,46)/t20-,21-,25-,26-,27-,28-/m0/s1. The third-order valence-corrected chi connectivity index (χ3v) is 9.39. The van der Waals surface area contributed by atoms with E-state index in [2.05, 4.69) is 16.0 Å². The van der Waals surface area contributed by atoms with E-state index in [1.165, 1.54) is 35.6 Å². The number of hydrogen-bond acceptors (Lipinski definition) is 8. The molecule has 0 bridgehead atoms. The van der Waals surface area contributed by atoms with Gasteiger partial charge in [0.15, 0.2) is 0 Å². The van der Waals surface area contributed by atoms with E-state index in [-0.39, 0.29) is 44.3 Å². The van der Waals surface area contributed by atoms with Gasteiger partial charge in [0.25, 0.3) is 0 Å². The van der Waals surface area contributed by atoms with Crippen LogP contribution in [-0.2, 0) is 44.7 Å². The van der Waals surface area contributed by atoms with Crippen molar-refractivity contribution in [2.45, 2.75) is 102 Å². The first-order chi connectivity index (χ1) is 24.2. The number of nitrogens with one attached hydrogen (secondary N) is 3. The molecule has 1 aromatic rings. The topological polar surface area (TPSA) is 175 Å². The summed E-state index contributed by atoms with van der Waals surface area (Å²) in [6, 6.07) is -4.33. The van der Waals surface area contributed by atoms with Crippen LogP contribution in [-0.4, -0.2) is 119 Å². The van der Waals surface area contributed by atoms with Gasteiger partial charge < -0.3 is 35.4 Å². The quantitative estimate of drug-likeness (QED) is 0.261. The SMILES string of the molecule is CCC=CCC(=O)N[C@@H](Cc1cc(F)cc(F)c1)C(=O)N[C@H]1COC(=O)[C@@H]2CCCN2C(=O)[C@H](C)NC(=O)[C@H](C)N(C)C(=O)[C@@H]2CCCN2C1=O. The lowest BCUT2D eigenvalue weighted by atomic mass is 10.0. The molecule has 0 aromatic heterocycles. The molecule has 6 amide bonds. The maximum absolute atomic E-state index is 14.2. The van der Waals surface area contributed by atoms with Crippen molar-refractivity contribution in [3.8, 4) is 0 Å². The summed E-state index contributed by atoms with van der Waals surface area (Å²) in [5.41, 5.74) is 0.0550. The average molecular weight is 717 g/mol. The van der Waals surface area contributed by atoms with Crippen molar-refractivity contribution in [3.05, 3.63) is 47.5 Å². The second kappa shape index (κ2) is 17.4. The van der Waals surface area contributed by atoms with E-state index >= 15 is 0 Å². The van der Waals surface area contributed by atoms with Crippen molar-refractivity contribution in [2.75, 3.05) is 26.7 Å². The number of esters is 1. The fourth-order valence-electron chi connectivity index (χ4n) is 6.50. The van der Waals surface area contributed by atoms with Crippen LogP contribution in [0.25, 0.3) is 0 Å². The molecule has 3 N–H and O–H groups in total. The number of hydrogen-bond donors (Lipinski definition) is 3. The summed E-state index contributed by atoms with van der Waals surface area (Å²) in [7, 11) is 1.42. The fourth-order valence-corrected chi connectivity index (χ4v) is 6.50. The summed E-state index contributed by atoms with van der Waals surface area (Å²) in [4.78, 5) is 98.1. The number of allylic oxidation sites excluding steroid dienone is 1. The summed E-state index contributed by atoms with van der Waals surface area (Å²) in [6.07, 6.45) is 4.99. The van der Waals surface area contributed by atoms with E-state index in [9.17, 15) is 42.3 Å². The van der Waals surface area contributed by atoms with E-state index in [1.54, 1.807) is 12.2 Å². The van der Waals surface area contributed by atoms with E-state index in [0.717, 1.165) is 12.1 Å². The molecule has 278 valence electrons. The van der Waals surface area contributed by atoms with Crippen LogP contribution in [0.5, 0.6) is 0 Å². The molecule has 0 unspecified atom stereocenters. The Morgan fingerprint density at radius 2 is 1.57 bits per heavy atom. The minimum absolute atomic E-state index is 0.0550. The molecular weight excluding hydrogens is 670 g/mol. The van der Waals surface area contributed by atoms with Gasteiger partial charge in [-0.25, -0.2) is 13.6 Å². The molecule has 0 spiro atoms. The van der Waals surface area contributed by atoms with Crippen LogP contribution in [0.15, 0.2) is 30.4 Å². The van der Waals surface area contributed by atoms with Crippen LogP contribution in [0, 0.1) is 11.6 Å². The zero-order chi connectivity index (χ0) is 37.4. The predicted molar refractivity (Wildman–Crippen MR) is 178 cm³/mol. The highest BCUT2D eigenvalue weighted by molar-refractivity contribution is 5.97. The number of carbonyl (C=O) groups excluding carboxylic acids is 7. The minimum Gasteiger partial charge on any atom is -0.461 e. The Labute approximate surface area is 295 Å². The molecule has 3 aliphatic rings. The van der Waals surface area contributed by atoms with Gasteiger partial charge in [-0.15, -0.1) is 0 Å². The largest absolute Gasteiger partial charge is 0.461 e. The fraction of sp³-hybridized carbons (Fsp3) is 0.571. The Kier molecular flexibility index (Phi) is 13.2. The molecule has 4 rings (SSSR count). The third kappa shape index (κ3) is 9.67. The molecule has 3 aliphatic heterocycles. The van der Waals surface area contributed by atoms with E-state index in [0.29, 0.717) is 25.3 Å². The molecule has 0 radical (unpaired) electrons. The molecule has 1 aromatic carbocycles. The smallest absolute Gasteiger partial charge is 0.328 e. The summed E-state index contributed by atoms with van der Waals surface area (Å²) in [6.45, 7) is 4.51. The van der Waals surface area contributed by atoms with Crippen LogP contribution in [0.1, 0.15) is 64.9 Å². The second-order valence-electron chi connectivity index (χ2n) is 13.1. The summed E-state index contributed by atoms with van der Waals surface area (Å²) in [5, 5.41) is 7.72. The molecule has 14 nitrogen and oxygen atoms in total. The van der Waals surface area contributed by atoms with Crippen LogP contribution < -0.4 is 16.0 Å². The molecule has 0 saturated carbocycles. The molecule has 0 aliphatic carbocycles. The third-order valence-electron chi connectivity index (χ3n) is 9.39. The highest BCUT2D eigenvalue weighted by Crippen LogP contribution is 2.23. The number of nitrogens with zero attached hydrogens (tertiary/aromatic N) is 3. The van der Waals surface area contributed by atoms with Crippen molar-refractivity contribution in [3.63, 3.8) is 0 Å². The number of likely N-dealkylation sites (N-methyl/N-ethyl adjacent to an activating group) is 1. The monoisotopic (exact) mass is 716 g/mol. The van der Waals surface area contributed by atoms with Crippen molar-refractivity contribution in [2.24, 2.45) is 0 Å². The van der Waals surface area contributed by atoms with Crippen LogP contribution in [0.3, 0.4) is 0 Å². The van der Waals surface area contributed by atoms with Gasteiger partial charge in [-0.05, 0) is 63.6 Å². The first kappa shape index (κ1) is 38.9. The van der Waals surface area contributed by atoms with Gasteiger partial charge in [0.05, 0.1) is 0 Å². The molecular formula is C35H46F2N6O8. The first-order valence-electron chi connectivity index (χ1n) is 17.3. The van der Waals surface area contributed by atoms with Crippen molar-refractivity contribution < 1.29 is 47.1 Å². The van der Waals surface area contributed by atoms with E-state index in [4.69, 9.17) is 4.74 Å². The number of carbonyl (C=O) groups is 7. The number of halogens is 2. The number of cyclic esters (lactones) is 1. The molecule has 3 saturated heterocycles. The zero-order valence-electron chi connectivity index (χ0n) is 29.3. The van der Waals surface area contributed by atoms with Crippen molar-refractivity contribution in [1.82, 2.24) is 30.7 Å². The summed E-state index contributed by atoms with van der Waals surface area (Å²) >= 11 is 0. The number of ether oxygens (including phenoxy) is 1. The van der Waals surface area contributed by atoms with E-state index < -0.39 is 95.9 Å². The van der Waals surface area contributed by atoms with Crippen molar-refractivity contribution >= 4 is 41.4 Å². The molecule has 51 heavy (non-hydrogen) atoms. The van der Waals surface area contributed by atoms with Gasteiger partial charge in [-0.1, -0.05) is 19.1 Å². The van der Waals surface area contributed by atoms with E-state index in [1.807, 2.05) is 6.92 Å². The normalized spacial score (nSPS) is 25.7. The van der Waals surface area contributed by atoms with Gasteiger partial charge in [-0.3, -0.25) is 28.8 Å². The lowest BCUT2D eigenvalue weighted by molar-refractivity contribution is -0.158. The number of rotatable bonds is 8. The van der Waals surface area contributed by atoms with Gasteiger partial charge in [0.2, 0.25) is 35.4 Å². The summed E-state index contributed by atoms with van der Waals surface area (Å²) in [5.74, 6) is -6.53. The van der Waals surface area contributed by atoms with Gasteiger partial charge >= 0.3 is 5.97 Å². The van der Waals surface area contributed by atoms with Gasteiger partial charge in [-0.2, -0.15) is 0 Å². The molecule has 3 fully saturated rings.